The summed E-state index contributed by atoms with van der Waals surface area (Å²) in [6.07, 6.45) is 2.00. The van der Waals surface area contributed by atoms with Gasteiger partial charge in [0.1, 0.15) is 5.75 Å². The molecule has 0 aliphatic carbocycles. The van der Waals surface area contributed by atoms with Crippen LogP contribution in [-0.4, -0.2) is 29.2 Å². The van der Waals surface area contributed by atoms with E-state index < -0.39 is 10.0 Å². The van der Waals surface area contributed by atoms with Crippen LogP contribution in [0, 0.1) is 0 Å². The molecule has 2 aromatic rings. The summed E-state index contributed by atoms with van der Waals surface area (Å²) >= 11 is 0. The molecule has 7 heteroatoms. The van der Waals surface area contributed by atoms with Crippen LogP contribution in [0.1, 0.15) is 19.8 Å². The molecule has 0 radical (unpaired) electrons. The highest BCUT2D eigenvalue weighted by Crippen LogP contribution is 2.30. The average molecular weight is 365 g/mol. The van der Waals surface area contributed by atoms with Gasteiger partial charge < -0.3 is 14.2 Å². The van der Waals surface area contributed by atoms with Gasteiger partial charge in [0.2, 0.25) is 0 Å². The van der Waals surface area contributed by atoms with Crippen molar-refractivity contribution in [1.29, 1.82) is 0 Å². The van der Waals surface area contributed by atoms with Gasteiger partial charge in [-0.3, -0.25) is 4.72 Å². The van der Waals surface area contributed by atoms with E-state index in [-0.39, 0.29) is 4.90 Å². The number of ether oxygens (including phenoxy) is 3. The standard InChI is InChI=1S/C18H23NO5S/c1-4-5-12-24-15-7-9-16(10-8-15)25(20,21)19-14-6-11-17(22-2)18(13-14)23-3/h6-11,13,19H,4-5,12H2,1-3H3. The number of benzene rings is 2. The van der Waals surface area contributed by atoms with Crippen LogP contribution in [0.2, 0.25) is 0 Å². The Balaban J connectivity index is 2.13. The molecule has 0 saturated heterocycles. The summed E-state index contributed by atoms with van der Waals surface area (Å²) in [6.45, 7) is 2.70. The third-order valence-electron chi connectivity index (χ3n) is 3.54. The number of unbranched alkanes of at least 4 members (excludes halogenated alkanes) is 1. The fraction of sp³-hybridized carbons (Fsp3) is 0.333. The van der Waals surface area contributed by atoms with Crippen LogP contribution < -0.4 is 18.9 Å². The molecule has 0 amide bonds. The zero-order chi connectivity index (χ0) is 18.3. The number of hydrogen-bond acceptors (Lipinski definition) is 5. The van der Waals surface area contributed by atoms with Gasteiger partial charge in [0, 0.05) is 6.07 Å². The molecule has 0 unspecified atom stereocenters. The number of sulfonamides is 1. The summed E-state index contributed by atoms with van der Waals surface area (Å²) in [5, 5.41) is 0. The normalized spacial score (nSPS) is 11.0. The SMILES string of the molecule is CCCCOc1ccc(S(=O)(=O)Nc2ccc(OC)c(OC)c2)cc1. The summed E-state index contributed by atoms with van der Waals surface area (Å²) in [6, 6.07) is 11.2. The molecule has 1 N–H and O–H groups in total. The van der Waals surface area contributed by atoms with E-state index >= 15 is 0 Å². The minimum atomic E-state index is -3.70. The lowest BCUT2D eigenvalue weighted by atomic mass is 10.3. The van der Waals surface area contributed by atoms with Gasteiger partial charge in [-0.15, -0.1) is 0 Å². The van der Waals surface area contributed by atoms with Gasteiger partial charge >= 0.3 is 0 Å². The van der Waals surface area contributed by atoms with Crippen molar-refractivity contribution < 1.29 is 22.6 Å². The van der Waals surface area contributed by atoms with Crippen molar-refractivity contribution in [3.05, 3.63) is 42.5 Å². The van der Waals surface area contributed by atoms with Crippen molar-refractivity contribution in [2.75, 3.05) is 25.5 Å². The first-order valence-electron chi connectivity index (χ1n) is 7.98. The maximum Gasteiger partial charge on any atom is 0.261 e. The third-order valence-corrected chi connectivity index (χ3v) is 4.93. The fourth-order valence-corrected chi connectivity index (χ4v) is 3.21. The molecular formula is C18H23NO5S. The van der Waals surface area contributed by atoms with E-state index in [4.69, 9.17) is 14.2 Å². The predicted octanol–water partition coefficient (Wildman–Crippen LogP) is 3.68. The van der Waals surface area contributed by atoms with Gasteiger partial charge in [0.05, 0.1) is 31.4 Å². The summed E-state index contributed by atoms with van der Waals surface area (Å²) < 4.78 is 43.4. The topological polar surface area (TPSA) is 73.9 Å². The van der Waals surface area contributed by atoms with Gasteiger partial charge in [-0.2, -0.15) is 0 Å². The molecule has 0 saturated carbocycles. The molecule has 0 aliphatic heterocycles. The second kappa shape index (κ2) is 8.62. The van der Waals surface area contributed by atoms with Crippen LogP contribution in [-0.2, 0) is 10.0 Å². The number of rotatable bonds is 9. The second-order valence-corrected chi connectivity index (χ2v) is 7.03. The lowest BCUT2D eigenvalue weighted by Crippen LogP contribution is -2.13. The summed E-state index contributed by atoms with van der Waals surface area (Å²) in [4.78, 5) is 0.158. The lowest BCUT2D eigenvalue weighted by Gasteiger charge is -2.12. The zero-order valence-corrected chi connectivity index (χ0v) is 15.4. The van der Waals surface area contributed by atoms with Crippen LogP contribution in [0.3, 0.4) is 0 Å². The van der Waals surface area contributed by atoms with Crippen LogP contribution in [0.15, 0.2) is 47.4 Å². The third kappa shape index (κ3) is 5.03. The molecule has 0 spiro atoms. The van der Waals surface area contributed by atoms with Gasteiger partial charge in [0.25, 0.3) is 10.0 Å². The van der Waals surface area contributed by atoms with Gasteiger partial charge in [0.15, 0.2) is 11.5 Å². The van der Waals surface area contributed by atoms with Crippen LogP contribution >= 0.6 is 0 Å². The molecule has 2 aromatic carbocycles. The Hall–Kier alpha value is -2.41. The molecule has 0 heterocycles. The van der Waals surface area contributed by atoms with E-state index in [9.17, 15) is 8.42 Å². The van der Waals surface area contributed by atoms with Crippen molar-refractivity contribution in [3.63, 3.8) is 0 Å². The summed E-state index contributed by atoms with van der Waals surface area (Å²) in [5.74, 6) is 1.62. The summed E-state index contributed by atoms with van der Waals surface area (Å²) in [5.41, 5.74) is 0.390. The molecule has 0 bridgehead atoms. The van der Waals surface area contributed by atoms with Gasteiger partial charge in [-0.1, -0.05) is 13.3 Å². The quantitative estimate of drug-likeness (QED) is 0.686. The summed E-state index contributed by atoms with van der Waals surface area (Å²) in [7, 11) is -0.689. The number of methoxy groups -OCH3 is 2. The van der Waals surface area contributed by atoms with Crippen molar-refractivity contribution >= 4 is 15.7 Å². The highest BCUT2D eigenvalue weighted by atomic mass is 32.2. The Morgan fingerprint density at radius 1 is 0.960 bits per heavy atom. The van der Waals surface area contributed by atoms with E-state index in [1.54, 1.807) is 30.3 Å². The number of anilines is 1. The Morgan fingerprint density at radius 2 is 1.64 bits per heavy atom. The fourth-order valence-electron chi connectivity index (χ4n) is 2.16. The first-order valence-corrected chi connectivity index (χ1v) is 9.46. The van der Waals surface area contributed by atoms with E-state index in [0.29, 0.717) is 29.5 Å². The van der Waals surface area contributed by atoms with Crippen molar-refractivity contribution in [2.24, 2.45) is 0 Å². The smallest absolute Gasteiger partial charge is 0.261 e. The molecule has 2 rings (SSSR count). The van der Waals surface area contributed by atoms with Crippen molar-refractivity contribution in [1.82, 2.24) is 0 Å². The van der Waals surface area contributed by atoms with Crippen molar-refractivity contribution in [2.45, 2.75) is 24.7 Å². The molecule has 0 aromatic heterocycles. The molecule has 6 nitrogen and oxygen atoms in total. The van der Waals surface area contributed by atoms with Crippen molar-refractivity contribution in [3.8, 4) is 17.2 Å². The maximum absolute atomic E-state index is 12.5. The van der Waals surface area contributed by atoms with Crippen LogP contribution in [0.25, 0.3) is 0 Å². The van der Waals surface area contributed by atoms with E-state index in [2.05, 4.69) is 11.6 Å². The highest BCUT2D eigenvalue weighted by Gasteiger charge is 2.15. The first-order chi connectivity index (χ1) is 12.0. The number of hydrogen-bond donors (Lipinski definition) is 1. The van der Waals surface area contributed by atoms with E-state index in [0.717, 1.165) is 12.8 Å². The molecule has 25 heavy (non-hydrogen) atoms. The minimum Gasteiger partial charge on any atom is -0.494 e. The Kier molecular flexibility index (Phi) is 6.52. The van der Waals surface area contributed by atoms with E-state index in [1.165, 1.54) is 26.4 Å². The molecule has 0 fully saturated rings. The molecule has 136 valence electrons. The minimum absolute atomic E-state index is 0.158. The highest BCUT2D eigenvalue weighted by molar-refractivity contribution is 7.92. The molecule has 0 atom stereocenters. The molecular weight excluding hydrogens is 342 g/mol. The monoisotopic (exact) mass is 365 g/mol. The van der Waals surface area contributed by atoms with Crippen LogP contribution in [0.5, 0.6) is 17.2 Å². The Labute approximate surface area is 148 Å². The number of nitrogens with one attached hydrogen (secondary N) is 1. The van der Waals surface area contributed by atoms with Gasteiger partial charge in [-0.05, 0) is 42.8 Å². The zero-order valence-electron chi connectivity index (χ0n) is 14.6. The Bertz CT molecular complexity index is 788. The van der Waals surface area contributed by atoms with Crippen LogP contribution in [0.4, 0.5) is 5.69 Å². The second-order valence-electron chi connectivity index (χ2n) is 5.35. The lowest BCUT2D eigenvalue weighted by molar-refractivity contribution is 0.309. The van der Waals surface area contributed by atoms with Gasteiger partial charge in [-0.25, -0.2) is 8.42 Å². The molecule has 0 aliphatic rings. The van der Waals surface area contributed by atoms with E-state index in [1.807, 2.05) is 0 Å². The Morgan fingerprint density at radius 3 is 2.24 bits per heavy atom. The first kappa shape index (κ1) is 18.9. The predicted molar refractivity (Wildman–Crippen MR) is 97.2 cm³/mol. The largest absolute Gasteiger partial charge is 0.494 e. The maximum atomic E-state index is 12.5. The average Bonchev–Trinajstić information content (AvgIpc) is 2.62.